The first-order valence-corrected chi connectivity index (χ1v) is 5.52. The van der Waals surface area contributed by atoms with E-state index in [9.17, 15) is 10.2 Å². The molecule has 1 heterocycles. The number of aromatic nitrogens is 1. The van der Waals surface area contributed by atoms with Gasteiger partial charge in [-0.2, -0.15) is 0 Å². The number of nitrogens with zero attached hydrogens (tertiary/aromatic N) is 1. The third kappa shape index (κ3) is 1.67. The predicted octanol–water partition coefficient (Wildman–Crippen LogP) is 2.98. The van der Waals surface area contributed by atoms with Crippen LogP contribution in [0, 0.1) is 0 Å². The monoisotopic (exact) mass is 219 g/mol. The summed E-state index contributed by atoms with van der Waals surface area (Å²) in [6, 6.07) is 7.50. The van der Waals surface area contributed by atoms with Crippen LogP contribution in [0.2, 0.25) is 0 Å². The SMILES string of the molecule is CC(O)c1cc2ccc(O)cc2n1C(C)C. The molecule has 0 saturated carbocycles. The molecule has 0 saturated heterocycles. The summed E-state index contributed by atoms with van der Waals surface area (Å²) in [6.07, 6.45) is -0.503. The van der Waals surface area contributed by atoms with E-state index >= 15 is 0 Å². The second kappa shape index (κ2) is 3.83. The van der Waals surface area contributed by atoms with Crippen molar-refractivity contribution in [3.05, 3.63) is 30.0 Å². The van der Waals surface area contributed by atoms with E-state index < -0.39 is 6.10 Å². The third-order valence-electron chi connectivity index (χ3n) is 2.80. The minimum Gasteiger partial charge on any atom is -0.508 e. The van der Waals surface area contributed by atoms with Crippen LogP contribution in [0.1, 0.15) is 38.6 Å². The topological polar surface area (TPSA) is 45.4 Å². The predicted molar refractivity (Wildman–Crippen MR) is 64.6 cm³/mol. The summed E-state index contributed by atoms with van der Waals surface area (Å²) in [5.41, 5.74) is 1.85. The van der Waals surface area contributed by atoms with E-state index in [1.807, 2.05) is 12.1 Å². The van der Waals surface area contributed by atoms with E-state index in [-0.39, 0.29) is 11.8 Å². The van der Waals surface area contributed by atoms with Crippen molar-refractivity contribution >= 4 is 10.9 Å². The van der Waals surface area contributed by atoms with Gasteiger partial charge in [0.1, 0.15) is 5.75 Å². The van der Waals surface area contributed by atoms with Crippen molar-refractivity contribution in [1.29, 1.82) is 0 Å². The number of aromatic hydroxyl groups is 1. The Kier molecular flexibility index (Phi) is 2.64. The molecular weight excluding hydrogens is 202 g/mol. The van der Waals surface area contributed by atoms with Gasteiger partial charge in [-0.15, -0.1) is 0 Å². The van der Waals surface area contributed by atoms with Gasteiger partial charge in [-0.3, -0.25) is 0 Å². The van der Waals surface area contributed by atoms with E-state index in [0.29, 0.717) is 0 Å². The van der Waals surface area contributed by atoms with Crippen LogP contribution in [-0.2, 0) is 0 Å². The van der Waals surface area contributed by atoms with E-state index in [1.54, 1.807) is 19.1 Å². The minimum absolute atomic E-state index is 0.254. The van der Waals surface area contributed by atoms with Crippen molar-refractivity contribution in [2.24, 2.45) is 0 Å². The molecule has 1 unspecified atom stereocenters. The number of aliphatic hydroxyl groups is 1. The van der Waals surface area contributed by atoms with Crippen LogP contribution >= 0.6 is 0 Å². The summed E-state index contributed by atoms with van der Waals surface area (Å²) in [5, 5.41) is 20.3. The number of aliphatic hydroxyl groups excluding tert-OH is 1. The molecule has 0 aliphatic carbocycles. The highest BCUT2D eigenvalue weighted by Crippen LogP contribution is 2.30. The Balaban J connectivity index is 2.77. The molecule has 1 aromatic heterocycles. The second-order valence-corrected chi connectivity index (χ2v) is 4.45. The Hall–Kier alpha value is -1.48. The van der Waals surface area contributed by atoms with Crippen LogP contribution in [0.4, 0.5) is 0 Å². The summed E-state index contributed by atoms with van der Waals surface area (Å²) in [6.45, 7) is 5.89. The highest BCUT2D eigenvalue weighted by molar-refractivity contribution is 5.83. The summed E-state index contributed by atoms with van der Waals surface area (Å²) in [7, 11) is 0. The smallest absolute Gasteiger partial charge is 0.117 e. The van der Waals surface area contributed by atoms with Crippen molar-refractivity contribution in [3.8, 4) is 5.75 Å². The second-order valence-electron chi connectivity index (χ2n) is 4.45. The van der Waals surface area contributed by atoms with E-state index in [1.165, 1.54) is 0 Å². The molecule has 2 rings (SSSR count). The number of hydrogen-bond donors (Lipinski definition) is 2. The summed E-state index contributed by atoms with van der Waals surface area (Å²) < 4.78 is 2.06. The zero-order valence-electron chi connectivity index (χ0n) is 9.81. The standard InChI is InChI=1S/C13H17NO2/c1-8(2)14-12(9(3)15)6-10-4-5-11(16)7-13(10)14/h4-9,15-16H,1-3H3. The maximum atomic E-state index is 9.74. The first-order chi connectivity index (χ1) is 7.50. The first-order valence-electron chi connectivity index (χ1n) is 5.52. The molecule has 0 bridgehead atoms. The Morgan fingerprint density at radius 2 is 1.81 bits per heavy atom. The van der Waals surface area contributed by atoms with Gasteiger partial charge < -0.3 is 14.8 Å². The molecule has 0 radical (unpaired) electrons. The lowest BCUT2D eigenvalue weighted by Gasteiger charge is -2.16. The minimum atomic E-state index is -0.503. The molecule has 0 spiro atoms. The van der Waals surface area contributed by atoms with Gasteiger partial charge in [0.25, 0.3) is 0 Å². The van der Waals surface area contributed by atoms with Gasteiger partial charge in [-0.1, -0.05) is 0 Å². The molecule has 3 heteroatoms. The number of hydrogen-bond acceptors (Lipinski definition) is 2. The molecule has 0 aliphatic rings. The van der Waals surface area contributed by atoms with E-state index in [0.717, 1.165) is 16.6 Å². The molecule has 86 valence electrons. The molecular formula is C13H17NO2. The molecule has 1 atom stereocenters. The first kappa shape index (κ1) is 11.0. The van der Waals surface area contributed by atoms with Crippen LogP contribution in [0.15, 0.2) is 24.3 Å². The quantitative estimate of drug-likeness (QED) is 0.815. The van der Waals surface area contributed by atoms with Crippen LogP contribution in [0.5, 0.6) is 5.75 Å². The van der Waals surface area contributed by atoms with Gasteiger partial charge in [0, 0.05) is 23.2 Å². The lowest BCUT2D eigenvalue weighted by atomic mass is 10.2. The Morgan fingerprint density at radius 1 is 1.12 bits per heavy atom. The van der Waals surface area contributed by atoms with E-state index in [4.69, 9.17) is 0 Å². The van der Waals surface area contributed by atoms with Gasteiger partial charge in [-0.05, 0) is 39.0 Å². The zero-order chi connectivity index (χ0) is 11.9. The van der Waals surface area contributed by atoms with Crippen molar-refractivity contribution < 1.29 is 10.2 Å². The molecule has 0 aliphatic heterocycles. The molecule has 0 amide bonds. The summed E-state index contributed by atoms with van der Waals surface area (Å²) in [5.74, 6) is 0.254. The van der Waals surface area contributed by atoms with Gasteiger partial charge in [0.2, 0.25) is 0 Å². The number of phenols is 1. The number of fused-ring (bicyclic) bond motifs is 1. The van der Waals surface area contributed by atoms with Gasteiger partial charge in [0.15, 0.2) is 0 Å². The van der Waals surface area contributed by atoms with Crippen LogP contribution in [0.3, 0.4) is 0 Å². The number of phenolic OH excluding ortho intramolecular Hbond substituents is 1. The molecule has 0 fully saturated rings. The maximum absolute atomic E-state index is 9.74. The highest BCUT2D eigenvalue weighted by Gasteiger charge is 2.14. The fourth-order valence-corrected chi connectivity index (χ4v) is 2.13. The van der Waals surface area contributed by atoms with Crippen LogP contribution < -0.4 is 0 Å². The normalized spacial score (nSPS) is 13.6. The van der Waals surface area contributed by atoms with Crippen molar-refractivity contribution in [1.82, 2.24) is 4.57 Å². The Labute approximate surface area is 94.9 Å². The fraction of sp³-hybridized carbons (Fsp3) is 0.385. The highest BCUT2D eigenvalue weighted by atomic mass is 16.3. The van der Waals surface area contributed by atoms with Gasteiger partial charge in [0.05, 0.1) is 11.6 Å². The fourth-order valence-electron chi connectivity index (χ4n) is 2.13. The number of rotatable bonds is 2. The third-order valence-corrected chi connectivity index (χ3v) is 2.80. The zero-order valence-corrected chi connectivity index (χ0v) is 9.81. The molecule has 3 nitrogen and oxygen atoms in total. The molecule has 1 aromatic carbocycles. The lowest BCUT2D eigenvalue weighted by molar-refractivity contribution is 0.188. The lowest BCUT2D eigenvalue weighted by Crippen LogP contribution is -2.07. The van der Waals surface area contributed by atoms with Crippen LogP contribution in [0.25, 0.3) is 10.9 Å². The average molecular weight is 219 g/mol. The summed E-state index contributed by atoms with van der Waals surface area (Å²) in [4.78, 5) is 0. The number of benzene rings is 1. The van der Waals surface area contributed by atoms with Crippen LogP contribution in [-0.4, -0.2) is 14.8 Å². The van der Waals surface area contributed by atoms with Gasteiger partial charge >= 0.3 is 0 Å². The van der Waals surface area contributed by atoms with Gasteiger partial charge in [-0.25, -0.2) is 0 Å². The average Bonchev–Trinajstić information content (AvgIpc) is 2.55. The molecule has 2 N–H and O–H groups in total. The largest absolute Gasteiger partial charge is 0.508 e. The van der Waals surface area contributed by atoms with E-state index in [2.05, 4.69) is 18.4 Å². The van der Waals surface area contributed by atoms with Crippen molar-refractivity contribution in [2.45, 2.75) is 32.9 Å². The summed E-state index contributed by atoms with van der Waals surface area (Å²) >= 11 is 0. The molecule has 2 aromatic rings. The Bertz CT molecular complexity index is 512. The Morgan fingerprint density at radius 3 is 2.38 bits per heavy atom. The van der Waals surface area contributed by atoms with Crippen molar-refractivity contribution in [2.75, 3.05) is 0 Å². The van der Waals surface area contributed by atoms with Crippen molar-refractivity contribution in [3.63, 3.8) is 0 Å². The molecule has 16 heavy (non-hydrogen) atoms. The maximum Gasteiger partial charge on any atom is 0.117 e.